The number of aryl methyl sites for hydroxylation is 1. The summed E-state index contributed by atoms with van der Waals surface area (Å²) >= 11 is 0. The van der Waals surface area contributed by atoms with Gasteiger partial charge >= 0.3 is 12.1 Å². The molecule has 1 fully saturated rings. The number of rotatable bonds is 13. The maximum Gasteiger partial charge on any atom is 0.320 e. The van der Waals surface area contributed by atoms with Crippen LogP contribution >= 0.6 is 0 Å². The second-order valence-electron chi connectivity index (χ2n) is 13.4. The van der Waals surface area contributed by atoms with E-state index in [2.05, 4.69) is 63.7 Å². The number of nitrogens with zero attached hydrogens (tertiary/aromatic N) is 7. The standard InChI is InChI=1S/C40H47N11O4/c1-5-41-39(52)46-36-23-27-21-31(49(3)33(27)25-44-36)30-10-8-12-42-38(30)55-20-19-51-32(29-9-6-7-11-35(29)54-4)22-28-24-37(45-26-34(28)51)47-40(53)43-13-14-50-17-15-48(2)16-18-50/h6-12,21-26H,5,13-20H2,1-4H3,(H2,41,44,46,52)(H2,43,45,47,53). The number of amides is 4. The number of carbonyl (C=O) groups excluding carboxylic acids is 2. The van der Waals surface area contributed by atoms with Gasteiger partial charge in [0.25, 0.3) is 0 Å². The number of hydrogen-bond donors (Lipinski definition) is 4. The molecule has 5 aromatic heterocycles. The van der Waals surface area contributed by atoms with Crippen molar-refractivity contribution in [2.24, 2.45) is 7.05 Å². The molecule has 4 amide bonds. The third kappa shape index (κ3) is 8.47. The number of fused-ring (bicyclic) bond motifs is 2. The number of methoxy groups -OCH3 is 1. The number of para-hydroxylation sites is 1. The van der Waals surface area contributed by atoms with E-state index in [9.17, 15) is 9.59 Å². The molecule has 15 heteroatoms. The summed E-state index contributed by atoms with van der Waals surface area (Å²) in [6.07, 6.45) is 5.23. The molecule has 0 aliphatic carbocycles. The highest BCUT2D eigenvalue weighted by Gasteiger charge is 2.19. The Labute approximate surface area is 319 Å². The SMILES string of the molecule is CCNC(=O)Nc1cc2cc(-c3cccnc3OCCn3c(-c4ccccc4OC)cc4cc(NC(=O)NCCN5CCN(C)CC5)ncc43)n(C)c2cn1. The number of nitrogens with one attached hydrogen (secondary N) is 4. The Morgan fingerprint density at radius 2 is 1.44 bits per heavy atom. The zero-order chi connectivity index (χ0) is 38.3. The Balaban J connectivity index is 1.09. The zero-order valence-electron chi connectivity index (χ0n) is 31.6. The molecule has 6 heterocycles. The van der Waals surface area contributed by atoms with Crippen LogP contribution in [0.25, 0.3) is 44.3 Å². The Morgan fingerprint density at radius 1 is 0.764 bits per heavy atom. The van der Waals surface area contributed by atoms with Crippen molar-refractivity contribution in [2.45, 2.75) is 13.5 Å². The predicted octanol–water partition coefficient (Wildman–Crippen LogP) is 5.25. The molecule has 1 saturated heterocycles. The van der Waals surface area contributed by atoms with Crippen molar-refractivity contribution in [3.63, 3.8) is 0 Å². The van der Waals surface area contributed by atoms with Crippen LogP contribution in [0.4, 0.5) is 21.2 Å². The molecule has 0 spiro atoms. The molecule has 7 rings (SSSR count). The number of anilines is 2. The molecule has 6 aromatic rings. The molecule has 4 N–H and O–H groups in total. The topological polar surface area (TPSA) is 156 Å². The molecule has 0 saturated carbocycles. The van der Waals surface area contributed by atoms with Crippen LogP contribution < -0.4 is 30.7 Å². The number of pyridine rings is 3. The van der Waals surface area contributed by atoms with Gasteiger partial charge in [-0.15, -0.1) is 0 Å². The summed E-state index contributed by atoms with van der Waals surface area (Å²) in [5, 5.41) is 13.2. The van der Waals surface area contributed by atoms with E-state index in [-0.39, 0.29) is 12.1 Å². The van der Waals surface area contributed by atoms with E-state index in [1.807, 2.05) is 73.1 Å². The smallest absolute Gasteiger partial charge is 0.320 e. The Bertz CT molecular complexity index is 2290. The highest BCUT2D eigenvalue weighted by atomic mass is 16.5. The van der Waals surface area contributed by atoms with E-state index in [1.165, 1.54) is 0 Å². The van der Waals surface area contributed by atoms with Crippen LogP contribution in [0.15, 0.2) is 79.3 Å². The predicted molar refractivity (Wildman–Crippen MR) is 215 cm³/mol. The second-order valence-corrected chi connectivity index (χ2v) is 13.4. The van der Waals surface area contributed by atoms with Gasteiger partial charge in [0.05, 0.1) is 54.0 Å². The van der Waals surface area contributed by atoms with Crippen molar-refractivity contribution >= 4 is 45.5 Å². The highest BCUT2D eigenvalue weighted by Crippen LogP contribution is 2.36. The Morgan fingerprint density at radius 3 is 2.18 bits per heavy atom. The zero-order valence-corrected chi connectivity index (χ0v) is 31.6. The van der Waals surface area contributed by atoms with Crippen molar-refractivity contribution in [3.05, 3.63) is 79.3 Å². The molecule has 0 unspecified atom stereocenters. The number of carbonyl (C=O) groups is 2. The third-order valence-corrected chi connectivity index (χ3v) is 9.83. The fourth-order valence-electron chi connectivity index (χ4n) is 6.92. The van der Waals surface area contributed by atoms with Crippen molar-refractivity contribution in [3.8, 4) is 34.1 Å². The first-order valence-corrected chi connectivity index (χ1v) is 18.5. The van der Waals surface area contributed by atoms with E-state index >= 15 is 0 Å². The summed E-state index contributed by atoms with van der Waals surface area (Å²) in [5.74, 6) is 2.14. The Kier molecular flexibility index (Phi) is 11.4. The first-order valence-electron chi connectivity index (χ1n) is 18.5. The number of likely N-dealkylation sites (N-methyl/N-ethyl adjacent to an activating group) is 1. The maximum atomic E-state index is 12.8. The van der Waals surface area contributed by atoms with Gasteiger partial charge in [-0.2, -0.15) is 0 Å². The van der Waals surface area contributed by atoms with Gasteiger partial charge in [0.15, 0.2) is 0 Å². The van der Waals surface area contributed by atoms with E-state index in [0.717, 1.165) is 82.8 Å². The quantitative estimate of drug-likeness (QED) is 0.124. The Hall–Kier alpha value is -6.19. The molecule has 15 nitrogen and oxygen atoms in total. The normalized spacial score (nSPS) is 13.5. The van der Waals surface area contributed by atoms with Crippen molar-refractivity contribution in [1.82, 2.24) is 44.5 Å². The molecule has 286 valence electrons. The monoisotopic (exact) mass is 745 g/mol. The summed E-state index contributed by atoms with van der Waals surface area (Å²) in [4.78, 5) is 43.2. The van der Waals surface area contributed by atoms with E-state index in [1.54, 1.807) is 25.7 Å². The molecule has 55 heavy (non-hydrogen) atoms. The van der Waals surface area contributed by atoms with Crippen LogP contribution in [0.3, 0.4) is 0 Å². The van der Waals surface area contributed by atoms with Gasteiger partial charge in [0, 0.05) is 75.4 Å². The molecular weight excluding hydrogens is 699 g/mol. The number of piperazine rings is 1. The lowest BCUT2D eigenvalue weighted by Crippen LogP contribution is -2.47. The third-order valence-electron chi connectivity index (χ3n) is 9.83. The first kappa shape index (κ1) is 37.1. The summed E-state index contributed by atoms with van der Waals surface area (Å²) in [5.41, 5.74) is 5.33. The maximum absolute atomic E-state index is 12.8. The van der Waals surface area contributed by atoms with Crippen LogP contribution in [-0.2, 0) is 13.6 Å². The van der Waals surface area contributed by atoms with Crippen molar-refractivity contribution < 1.29 is 19.1 Å². The van der Waals surface area contributed by atoms with E-state index < -0.39 is 0 Å². The number of aromatic nitrogens is 5. The molecule has 0 radical (unpaired) electrons. The second kappa shape index (κ2) is 16.9. The highest BCUT2D eigenvalue weighted by molar-refractivity contribution is 5.94. The van der Waals surface area contributed by atoms with Crippen LogP contribution in [0.1, 0.15) is 6.92 Å². The molecule has 0 atom stereocenters. The van der Waals surface area contributed by atoms with Gasteiger partial charge in [-0.3, -0.25) is 15.5 Å². The van der Waals surface area contributed by atoms with Crippen molar-refractivity contribution in [1.29, 1.82) is 0 Å². The van der Waals surface area contributed by atoms with Gasteiger partial charge in [-0.1, -0.05) is 12.1 Å². The summed E-state index contributed by atoms with van der Waals surface area (Å²) < 4.78 is 16.4. The number of benzene rings is 1. The minimum atomic E-state index is -0.305. The summed E-state index contributed by atoms with van der Waals surface area (Å²) in [6, 6.07) is 19.0. The largest absolute Gasteiger partial charge is 0.496 e. The lowest BCUT2D eigenvalue weighted by molar-refractivity contribution is 0.155. The molecular formula is C40H47N11O4. The number of hydrogen-bond acceptors (Lipinski definition) is 9. The fraction of sp³-hybridized carbons (Fsp3) is 0.325. The van der Waals surface area contributed by atoms with Gasteiger partial charge in [0.1, 0.15) is 24.0 Å². The molecule has 1 aliphatic heterocycles. The fourth-order valence-corrected chi connectivity index (χ4v) is 6.92. The molecule has 0 bridgehead atoms. The number of urea groups is 2. The van der Waals surface area contributed by atoms with Gasteiger partial charge in [-0.05, 0) is 62.5 Å². The van der Waals surface area contributed by atoms with E-state index in [0.29, 0.717) is 43.8 Å². The summed E-state index contributed by atoms with van der Waals surface area (Å²) in [7, 11) is 5.76. The van der Waals surface area contributed by atoms with Crippen LogP contribution in [0, 0.1) is 0 Å². The van der Waals surface area contributed by atoms with Crippen LogP contribution in [-0.4, -0.2) is 113 Å². The number of ether oxygens (including phenoxy) is 2. The van der Waals surface area contributed by atoms with Crippen LogP contribution in [0.2, 0.25) is 0 Å². The van der Waals surface area contributed by atoms with Gasteiger partial charge in [0.2, 0.25) is 5.88 Å². The average molecular weight is 746 g/mol. The lowest BCUT2D eigenvalue weighted by Gasteiger charge is -2.32. The lowest BCUT2D eigenvalue weighted by atomic mass is 10.1. The van der Waals surface area contributed by atoms with Gasteiger partial charge in [-0.25, -0.2) is 24.5 Å². The minimum Gasteiger partial charge on any atom is -0.496 e. The molecule has 1 aromatic carbocycles. The minimum absolute atomic E-state index is 0.288. The van der Waals surface area contributed by atoms with Crippen molar-refractivity contribution in [2.75, 3.05) is 77.2 Å². The van der Waals surface area contributed by atoms with E-state index in [4.69, 9.17) is 9.47 Å². The van der Waals surface area contributed by atoms with Crippen LogP contribution in [0.5, 0.6) is 11.6 Å². The first-order chi connectivity index (χ1) is 26.8. The molecule has 1 aliphatic rings. The summed E-state index contributed by atoms with van der Waals surface area (Å²) in [6.45, 7) is 8.59. The van der Waals surface area contributed by atoms with Gasteiger partial charge < -0.3 is 34.1 Å². The average Bonchev–Trinajstić information content (AvgIpc) is 3.71.